The molecule has 35 heavy (non-hydrogen) atoms. The number of benzene rings is 2. The highest BCUT2D eigenvalue weighted by atomic mass is 35.5. The number of hydrogen-bond donors (Lipinski definition) is 1. The lowest BCUT2D eigenvalue weighted by atomic mass is 9.83. The Bertz CT molecular complexity index is 1080. The van der Waals surface area contributed by atoms with Gasteiger partial charge in [-0.2, -0.15) is 0 Å². The lowest BCUT2D eigenvalue weighted by molar-refractivity contribution is -0.140. The Hall–Kier alpha value is -2.54. The molecule has 0 bridgehead atoms. The number of aliphatic imine (C=N–C) groups is 1. The molecular weight excluding hydrogens is 487 g/mol. The standard InChI is InChI=1S/C27H30Cl2N2O4/c1-2-13-27(26(33)31-14-4-3-5-15-31)24(22-12-9-20(28)18-23(22)29)35-25(30-27)19-7-10-21(11-8-19)34-17-6-16-32/h2,7-12,18,24,32H,1,3-6,13-17H2/t24-,27-/m1/s1. The van der Waals surface area contributed by atoms with Gasteiger partial charge in [-0.1, -0.05) is 35.3 Å². The Kier molecular flexibility index (Phi) is 8.37. The number of carbonyl (C=O) groups excluding carboxylic acids is 1. The third-order valence-corrected chi connectivity index (χ3v) is 6.91. The molecular formula is C27H30Cl2N2O4. The van der Waals surface area contributed by atoms with E-state index in [9.17, 15) is 4.79 Å². The van der Waals surface area contributed by atoms with Crippen LogP contribution in [0.25, 0.3) is 0 Å². The van der Waals surface area contributed by atoms with Crippen molar-refractivity contribution in [2.24, 2.45) is 4.99 Å². The van der Waals surface area contributed by atoms with Crippen molar-refractivity contribution in [3.63, 3.8) is 0 Å². The Morgan fingerprint density at radius 2 is 1.94 bits per heavy atom. The summed E-state index contributed by atoms with van der Waals surface area (Å²) >= 11 is 12.8. The molecule has 1 saturated heterocycles. The average Bonchev–Trinajstić information content (AvgIpc) is 3.25. The van der Waals surface area contributed by atoms with Crippen LogP contribution in [0.4, 0.5) is 0 Å². The van der Waals surface area contributed by atoms with E-state index in [0.717, 1.165) is 24.8 Å². The van der Waals surface area contributed by atoms with Gasteiger partial charge in [0.2, 0.25) is 5.90 Å². The third-order valence-electron chi connectivity index (χ3n) is 6.35. The minimum Gasteiger partial charge on any atom is -0.494 e. The minimum absolute atomic E-state index is 0.0768. The largest absolute Gasteiger partial charge is 0.494 e. The molecule has 4 rings (SSSR count). The van der Waals surface area contributed by atoms with Crippen molar-refractivity contribution in [2.45, 2.75) is 43.7 Å². The average molecular weight is 517 g/mol. The molecule has 0 saturated carbocycles. The number of nitrogens with zero attached hydrogens (tertiary/aromatic N) is 2. The number of aliphatic hydroxyl groups excluding tert-OH is 1. The summed E-state index contributed by atoms with van der Waals surface area (Å²) in [6.45, 7) is 5.82. The second kappa shape index (κ2) is 11.5. The molecule has 0 aliphatic carbocycles. The number of ether oxygens (including phenoxy) is 2. The van der Waals surface area contributed by atoms with E-state index in [-0.39, 0.29) is 12.5 Å². The zero-order valence-corrected chi connectivity index (χ0v) is 21.1. The Balaban J connectivity index is 1.73. The van der Waals surface area contributed by atoms with E-state index in [1.807, 2.05) is 29.2 Å². The molecule has 6 nitrogen and oxygen atoms in total. The molecule has 2 aromatic rings. The maximum atomic E-state index is 14.0. The SMILES string of the molecule is C=CC[C@@]1(C(=O)N2CCCCC2)N=C(c2ccc(OCCCO)cc2)O[C@@H]1c1ccc(Cl)cc1Cl. The highest BCUT2D eigenvalue weighted by Crippen LogP contribution is 2.46. The van der Waals surface area contributed by atoms with Crippen LogP contribution < -0.4 is 4.74 Å². The molecule has 186 valence electrons. The van der Waals surface area contributed by atoms with Crippen molar-refractivity contribution < 1.29 is 19.4 Å². The summed E-state index contributed by atoms with van der Waals surface area (Å²) in [5.41, 5.74) is 0.167. The van der Waals surface area contributed by atoms with E-state index < -0.39 is 11.6 Å². The van der Waals surface area contributed by atoms with Gasteiger partial charge in [0.15, 0.2) is 11.6 Å². The second-order valence-corrected chi connectivity index (χ2v) is 9.64. The van der Waals surface area contributed by atoms with Gasteiger partial charge in [0.05, 0.1) is 6.61 Å². The van der Waals surface area contributed by atoms with Gasteiger partial charge >= 0.3 is 0 Å². The van der Waals surface area contributed by atoms with Crippen molar-refractivity contribution in [1.82, 2.24) is 4.90 Å². The third kappa shape index (κ3) is 5.50. The lowest BCUT2D eigenvalue weighted by Crippen LogP contribution is -2.51. The number of aliphatic hydroxyl groups is 1. The fourth-order valence-electron chi connectivity index (χ4n) is 4.58. The second-order valence-electron chi connectivity index (χ2n) is 8.80. The van der Waals surface area contributed by atoms with Crippen molar-refractivity contribution in [2.75, 3.05) is 26.3 Å². The van der Waals surface area contributed by atoms with Crippen molar-refractivity contribution in [1.29, 1.82) is 0 Å². The van der Waals surface area contributed by atoms with Crippen LogP contribution in [-0.2, 0) is 9.53 Å². The molecule has 0 unspecified atom stereocenters. The fraction of sp³-hybridized carbons (Fsp3) is 0.407. The summed E-state index contributed by atoms with van der Waals surface area (Å²) in [4.78, 5) is 20.9. The number of likely N-dealkylation sites (tertiary alicyclic amines) is 1. The van der Waals surface area contributed by atoms with Gasteiger partial charge in [-0.15, -0.1) is 6.58 Å². The van der Waals surface area contributed by atoms with E-state index in [1.165, 1.54) is 0 Å². The van der Waals surface area contributed by atoms with E-state index in [0.29, 0.717) is 59.8 Å². The molecule has 1 amide bonds. The Morgan fingerprint density at radius 3 is 2.60 bits per heavy atom. The van der Waals surface area contributed by atoms with Gasteiger partial charge in [-0.3, -0.25) is 4.79 Å². The van der Waals surface area contributed by atoms with Crippen molar-refractivity contribution in [3.05, 3.63) is 76.3 Å². The van der Waals surface area contributed by atoms with Gasteiger partial charge in [0, 0.05) is 53.7 Å². The highest BCUT2D eigenvalue weighted by Gasteiger charge is 2.54. The first-order valence-corrected chi connectivity index (χ1v) is 12.7. The van der Waals surface area contributed by atoms with Crippen LogP contribution in [0.3, 0.4) is 0 Å². The van der Waals surface area contributed by atoms with Crippen LogP contribution >= 0.6 is 23.2 Å². The minimum atomic E-state index is -1.22. The summed E-state index contributed by atoms with van der Waals surface area (Å²) in [7, 11) is 0. The maximum absolute atomic E-state index is 14.0. The number of piperidine rings is 1. The monoisotopic (exact) mass is 516 g/mol. The molecule has 2 atom stereocenters. The predicted octanol–water partition coefficient (Wildman–Crippen LogP) is 5.60. The summed E-state index contributed by atoms with van der Waals surface area (Å²) in [5.74, 6) is 0.974. The molecule has 8 heteroatoms. The van der Waals surface area contributed by atoms with Gasteiger partial charge in [0.25, 0.3) is 5.91 Å². The zero-order chi connectivity index (χ0) is 24.8. The Morgan fingerprint density at radius 1 is 1.20 bits per heavy atom. The van der Waals surface area contributed by atoms with E-state index in [4.69, 9.17) is 42.8 Å². The number of amides is 1. The number of halogens is 2. The summed E-state index contributed by atoms with van der Waals surface area (Å²) in [6, 6.07) is 12.5. The first-order chi connectivity index (χ1) is 17.0. The number of rotatable bonds is 9. The van der Waals surface area contributed by atoms with Crippen LogP contribution in [0.2, 0.25) is 10.0 Å². The van der Waals surface area contributed by atoms with Crippen LogP contribution in [0, 0.1) is 0 Å². The summed E-state index contributed by atoms with van der Waals surface area (Å²) in [5, 5.41) is 9.88. The quantitative estimate of drug-likeness (QED) is 0.347. The van der Waals surface area contributed by atoms with Crippen LogP contribution in [0.5, 0.6) is 5.75 Å². The van der Waals surface area contributed by atoms with Crippen molar-refractivity contribution >= 4 is 35.0 Å². The molecule has 1 N–H and O–H groups in total. The van der Waals surface area contributed by atoms with E-state index in [1.54, 1.807) is 24.3 Å². The highest BCUT2D eigenvalue weighted by molar-refractivity contribution is 6.35. The van der Waals surface area contributed by atoms with E-state index >= 15 is 0 Å². The molecule has 2 aromatic carbocycles. The first-order valence-electron chi connectivity index (χ1n) is 11.9. The van der Waals surface area contributed by atoms with Gasteiger partial charge in [-0.05, 0) is 55.7 Å². The van der Waals surface area contributed by atoms with Crippen LogP contribution in [0.1, 0.15) is 49.3 Å². The zero-order valence-electron chi connectivity index (χ0n) is 19.6. The molecule has 2 aliphatic rings. The fourth-order valence-corrected chi connectivity index (χ4v) is 5.09. The molecule has 2 aliphatic heterocycles. The predicted molar refractivity (Wildman–Crippen MR) is 138 cm³/mol. The van der Waals surface area contributed by atoms with Crippen LogP contribution in [-0.4, -0.2) is 53.7 Å². The summed E-state index contributed by atoms with van der Waals surface area (Å²) < 4.78 is 12.1. The smallest absolute Gasteiger partial charge is 0.255 e. The van der Waals surface area contributed by atoms with Gasteiger partial charge in [-0.25, -0.2) is 4.99 Å². The molecule has 0 spiro atoms. The van der Waals surface area contributed by atoms with E-state index in [2.05, 4.69) is 6.58 Å². The molecule has 0 radical (unpaired) electrons. The maximum Gasteiger partial charge on any atom is 0.255 e. The molecule has 2 heterocycles. The van der Waals surface area contributed by atoms with Gasteiger partial charge in [0.1, 0.15) is 5.75 Å². The Labute approximate surface area is 216 Å². The topological polar surface area (TPSA) is 71.4 Å². The number of hydrogen-bond acceptors (Lipinski definition) is 5. The summed E-state index contributed by atoms with van der Waals surface area (Å²) in [6.07, 6.45) is 4.90. The number of carbonyl (C=O) groups is 1. The molecule has 1 fully saturated rings. The molecule has 0 aromatic heterocycles. The van der Waals surface area contributed by atoms with Gasteiger partial charge < -0.3 is 19.5 Å². The van der Waals surface area contributed by atoms with Crippen LogP contribution in [0.15, 0.2) is 60.1 Å². The van der Waals surface area contributed by atoms with Crippen molar-refractivity contribution in [3.8, 4) is 5.75 Å². The lowest BCUT2D eigenvalue weighted by Gasteiger charge is -2.36. The first kappa shape index (κ1) is 25.5. The normalized spacial score (nSPS) is 21.9.